The van der Waals surface area contributed by atoms with E-state index in [0.29, 0.717) is 11.5 Å². The third-order valence-electron chi connectivity index (χ3n) is 1.36. The van der Waals surface area contributed by atoms with E-state index in [0.717, 1.165) is 0 Å². The lowest BCUT2D eigenvalue weighted by Crippen LogP contribution is -2.15. The first-order valence-corrected chi connectivity index (χ1v) is 3.98. The molecule has 0 saturated carbocycles. The van der Waals surface area contributed by atoms with Crippen LogP contribution in [0.15, 0.2) is 34.3 Å². The lowest BCUT2D eigenvalue weighted by atomic mass is 10.3. The van der Waals surface area contributed by atoms with Crippen LogP contribution in [0.5, 0.6) is 0 Å². The van der Waals surface area contributed by atoms with E-state index in [1.54, 1.807) is 6.92 Å². The molecule has 5 heteroatoms. The van der Waals surface area contributed by atoms with Gasteiger partial charge >= 0.3 is 0 Å². The molecule has 0 radical (unpaired) electrons. The standard InChI is InChI=1S/C9H11FN4/c1-6(11)13-9(12)14-8-4-2-7(10)3-5-8/h2-5H,1H3,(H4,11,12,13,14). The molecule has 0 spiro atoms. The number of nitrogens with zero attached hydrogens (tertiary/aromatic N) is 2. The van der Waals surface area contributed by atoms with Crippen LogP contribution in [0.25, 0.3) is 0 Å². The number of hydrogen-bond donors (Lipinski definition) is 2. The van der Waals surface area contributed by atoms with Crippen molar-refractivity contribution < 1.29 is 4.39 Å². The Labute approximate surface area is 81.2 Å². The molecule has 0 amide bonds. The first-order chi connectivity index (χ1) is 6.58. The second-order valence-corrected chi connectivity index (χ2v) is 2.70. The molecule has 1 rings (SSSR count). The minimum atomic E-state index is -0.318. The van der Waals surface area contributed by atoms with Crippen LogP contribution in [0, 0.1) is 5.82 Å². The van der Waals surface area contributed by atoms with E-state index in [1.165, 1.54) is 24.3 Å². The zero-order chi connectivity index (χ0) is 10.6. The summed E-state index contributed by atoms with van der Waals surface area (Å²) in [5.41, 5.74) is 11.3. The van der Waals surface area contributed by atoms with E-state index in [1.807, 2.05) is 0 Å². The monoisotopic (exact) mass is 194 g/mol. The number of nitrogens with two attached hydrogens (primary N) is 2. The van der Waals surface area contributed by atoms with Crippen molar-refractivity contribution in [2.75, 3.05) is 0 Å². The summed E-state index contributed by atoms with van der Waals surface area (Å²) in [6.07, 6.45) is 0. The van der Waals surface area contributed by atoms with Crippen LogP contribution in [-0.4, -0.2) is 11.8 Å². The van der Waals surface area contributed by atoms with Crippen molar-refractivity contribution in [3.05, 3.63) is 30.1 Å². The van der Waals surface area contributed by atoms with E-state index >= 15 is 0 Å². The fourth-order valence-corrected chi connectivity index (χ4v) is 0.854. The Morgan fingerprint density at radius 1 is 1.21 bits per heavy atom. The summed E-state index contributed by atoms with van der Waals surface area (Å²) in [5.74, 6) is 0.0611. The Morgan fingerprint density at radius 2 is 1.79 bits per heavy atom. The summed E-state index contributed by atoms with van der Waals surface area (Å²) >= 11 is 0. The molecule has 0 atom stereocenters. The maximum Gasteiger partial charge on any atom is 0.222 e. The molecular formula is C9H11FN4. The van der Waals surface area contributed by atoms with Crippen LogP contribution in [0.3, 0.4) is 0 Å². The molecular weight excluding hydrogens is 183 g/mol. The molecule has 0 aromatic heterocycles. The molecule has 0 heterocycles. The van der Waals surface area contributed by atoms with Gasteiger partial charge in [0.2, 0.25) is 5.96 Å². The van der Waals surface area contributed by atoms with Gasteiger partial charge in [-0.25, -0.2) is 14.4 Å². The molecule has 4 nitrogen and oxygen atoms in total. The first kappa shape index (κ1) is 10.2. The van der Waals surface area contributed by atoms with Crippen molar-refractivity contribution in [2.45, 2.75) is 6.92 Å². The third kappa shape index (κ3) is 3.22. The number of halogens is 1. The molecule has 0 aliphatic carbocycles. The molecule has 0 aliphatic heterocycles. The van der Waals surface area contributed by atoms with Crippen LogP contribution in [-0.2, 0) is 0 Å². The number of rotatable bonds is 1. The van der Waals surface area contributed by atoms with Crippen molar-refractivity contribution in [1.29, 1.82) is 0 Å². The minimum absolute atomic E-state index is 0.0524. The topological polar surface area (TPSA) is 76.8 Å². The van der Waals surface area contributed by atoms with Gasteiger partial charge in [-0.15, -0.1) is 0 Å². The minimum Gasteiger partial charge on any atom is -0.387 e. The molecule has 0 unspecified atom stereocenters. The van der Waals surface area contributed by atoms with Gasteiger partial charge in [0.15, 0.2) is 0 Å². The van der Waals surface area contributed by atoms with Crippen molar-refractivity contribution in [3.8, 4) is 0 Å². The van der Waals surface area contributed by atoms with Crippen molar-refractivity contribution in [1.82, 2.24) is 0 Å². The fourth-order valence-electron chi connectivity index (χ4n) is 0.854. The lowest BCUT2D eigenvalue weighted by Gasteiger charge is -1.95. The third-order valence-corrected chi connectivity index (χ3v) is 1.36. The Kier molecular flexibility index (Phi) is 3.17. The van der Waals surface area contributed by atoms with Gasteiger partial charge in [-0.1, -0.05) is 0 Å². The molecule has 4 N–H and O–H groups in total. The molecule has 0 aliphatic rings. The maximum atomic E-state index is 12.5. The lowest BCUT2D eigenvalue weighted by molar-refractivity contribution is 0.628. The first-order valence-electron chi connectivity index (χ1n) is 3.98. The van der Waals surface area contributed by atoms with E-state index in [2.05, 4.69) is 9.98 Å². The van der Waals surface area contributed by atoms with Crippen LogP contribution >= 0.6 is 0 Å². The van der Waals surface area contributed by atoms with Crippen LogP contribution in [0.4, 0.5) is 10.1 Å². The summed E-state index contributed by atoms with van der Waals surface area (Å²) < 4.78 is 12.5. The van der Waals surface area contributed by atoms with E-state index in [9.17, 15) is 4.39 Å². The number of benzene rings is 1. The van der Waals surface area contributed by atoms with Crippen molar-refractivity contribution >= 4 is 17.5 Å². The molecule has 14 heavy (non-hydrogen) atoms. The number of aliphatic imine (C=N–C) groups is 2. The highest BCUT2D eigenvalue weighted by Gasteiger charge is 1.92. The summed E-state index contributed by atoms with van der Waals surface area (Å²) in [6, 6.07) is 5.60. The zero-order valence-corrected chi connectivity index (χ0v) is 7.74. The second kappa shape index (κ2) is 4.36. The van der Waals surface area contributed by atoms with Gasteiger partial charge in [0.1, 0.15) is 5.82 Å². The predicted molar refractivity (Wildman–Crippen MR) is 55.0 cm³/mol. The van der Waals surface area contributed by atoms with E-state index in [-0.39, 0.29) is 11.8 Å². The van der Waals surface area contributed by atoms with Crippen LogP contribution in [0.1, 0.15) is 6.92 Å². The van der Waals surface area contributed by atoms with Gasteiger partial charge in [0.25, 0.3) is 0 Å². The highest BCUT2D eigenvalue weighted by atomic mass is 19.1. The summed E-state index contributed by atoms with van der Waals surface area (Å²) in [7, 11) is 0. The average Bonchev–Trinajstić information content (AvgIpc) is 2.07. The largest absolute Gasteiger partial charge is 0.387 e. The molecule has 0 bridgehead atoms. The summed E-state index contributed by atoms with van der Waals surface area (Å²) in [6.45, 7) is 1.60. The van der Waals surface area contributed by atoms with Gasteiger partial charge in [-0.3, -0.25) is 0 Å². The van der Waals surface area contributed by atoms with Crippen molar-refractivity contribution in [2.24, 2.45) is 21.5 Å². The quantitative estimate of drug-likeness (QED) is 0.519. The second-order valence-electron chi connectivity index (χ2n) is 2.70. The average molecular weight is 194 g/mol. The highest BCUT2D eigenvalue weighted by Crippen LogP contribution is 2.11. The van der Waals surface area contributed by atoms with Crippen LogP contribution < -0.4 is 11.5 Å². The Hall–Kier alpha value is -1.91. The molecule has 1 aromatic carbocycles. The SMILES string of the molecule is CC(N)=NC(N)=Nc1ccc(F)cc1. The number of hydrogen-bond acceptors (Lipinski definition) is 1. The fraction of sp³-hybridized carbons (Fsp3) is 0.111. The van der Waals surface area contributed by atoms with Crippen molar-refractivity contribution in [3.63, 3.8) is 0 Å². The van der Waals surface area contributed by atoms with Gasteiger partial charge in [-0.05, 0) is 31.2 Å². The molecule has 1 aromatic rings. The van der Waals surface area contributed by atoms with Gasteiger partial charge < -0.3 is 11.5 Å². The van der Waals surface area contributed by atoms with Gasteiger partial charge in [0, 0.05) is 0 Å². The normalized spacial score (nSPS) is 13.0. The smallest absolute Gasteiger partial charge is 0.222 e. The molecule has 0 fully saturated rings. The number of amidine groups is 1. The predicted octanol–water partition coefficient (Wildman–Crippen LogP) is 1.15. The zero-order valence-electron chi connectivity index (χ0n) is 7.74. The molecule has 74 valence electrons. The molecule has 0 saturated heterocycles. The van der Waals surface area contributed by atoms with E-state index < -0.39 is 0 Å². The maximum absolute atomic E-state index is 12.5. The summed E-state index contributed by atoms with van der Waals surface area (Å²) in [4.78, 5) is 7.62. The Morgan fingerprint density at radius 3 is 2.29 bits per heavy atom. The Bertz CT molecular complexity index is 363. The summed E-state index contributed by atoms with van der Waals surface area (Å²) in [5, 5.41) is 0. The van der Waals surface area contributed by atoms with Gasteiger partial charge in [-0.2, -0.15) is 0 Å². The van der Waals surface area contributed by atoms with Gasteiger partial charge in [0.05, 0.1) is 11.5 Å². The van der Waals surface area contributed by atoms with Crippen LogP contribution in [0.2, 0.25) is 0 Å². The van der Waals surface area contributed by atoms with E-state index in [4.69, 9.17) is 11.5 Å². The Balaban J connectivity index is 2.87. The highest BCUT2D eigenvalue weighted by molar-refractivity contribution is 5.94. The number of guanidine groups is 1.